The Morgan fingerprint density at radius 2 is 2.05 bits per heavy atom. The Kier molecular flexibility index (Phi) is 5.32. The van der Waals surface area contributed by atoms with Gasteiger partial charge in [0.25, 0.3) is 0 Å². The van der Waals surface area contributed by atoms with Gasteiger partial charge >= 0.3 is 6.09 Å². The quantitative estimate of drug-likeness (QED) is 0.528. The van der Waals surface area contributed by atoms with Crippen LogP contribution in [0.2, 0.25) is 0 Å². The lowest BCUT2D eigenvalue weighted by Gasteiger charge is -2.45. The number of nitrogens with zero attached hydrogens (tertiary/aromatic N) is 6. The highest BCUT2D eigenvalue weighted by Crippen LogP contribution is 2.63. The number of aryl methyl sites for hydroxylation is 1. The molecule has 2 aliphatic heterocycles. The fourth-order valence-electron chi connectivity index (χ4n) is 7.14. The van der Waals surface area contributed by atoms with Crippen molar-refractivity contribution in [2.45, 2.75) is 70.9 Å². The molecule has 2 aliphatic carbocycles. The van der Waals surface area contributed by atoms with E-state index in [0.29, 0.717) is 11.6 Å². The number of piperidine rings is 1. The van der Waals surface area contributed by atoms with Crippen LogP contribution in [0.25, 0.3) is 11.2 Å². The molecule has 38 heavy (non-hydrogen) atoms. The molecular weight excluding hydrogens is 480 g/mol. The number of ether oxygens (including phenoxy) is 1. The number of anilines is 3. The molecule has 1 amide bonds. The molecule has 7 rings (SSSR count). The van der Waals surface area contributed by atoms with Crippen molar-refractivity contribution in [2.75, 3.05) is 29.4 Å². The minimum absolute atomic E-state index is 0.148. The first-order valence-corrected chi connectivity index (χ1v) is 14.0. The summed E-state index contributed by atoms with van der Waals surface area (Å²) in [5.74, 6) is 3.04. The molecule has 3 aromatic heterocycles. The molecular formula is C28H36N8O2. The van der Waals surface area contributed by atoms with Crippen molar-refractivity contribution in [1.29, 1.82) is 0 Å². The summed E-state index contributed by atoms with van der Waals surface area (Å²) in [5.41, 5.74) is 3.36. The number of alkyl carbamates (subject to hydrolysis) is 1. The summed E-state index contributed by atoms with van der Waals surface area (Å²) in [4.78, 5) is 31.5. The van der Waals surface area contributed by atoms with E-state index in [4.69, 9.17) is 14.7 Å². The highest BCUT2D eigenvalue weighted by atomic mass is 16.6. The number of H-pyrrole nitrogens is 1. The molecule has 1 spiro atoms. The number of rotatable bonds is 3. The van der Waals surface area contributed by atoms with E-state index in [2.05, 4.69) is 36.4 Å². The van der Waals surface area contributed by atoms with E-state index in [1.54, 1.807) is 0 Å². The molecule has 10 heteroatoms. The van der Waals surface area contributed by atoms with Crippen LogP contribution in [-0.4, -0.2) is 62.5 Å². The normalized spacial score (nSPS) is 25.8. The molecule has 3 fully saturated rings. The van der Waals surface area contributed by atoms with Gasteiger partial charge in [0.15, 0.2) is 17.0 Å². The largest absolute Gasteiger partial charge is 0.444 e. The predicted molar refractivity (Wildman–Crippen MR) is 144 cm³/mol. The number of aromatic amines is 1. The second-order valence-corrected chi connectivity index (χ2v) is 12.5. The summed E-state index contributed by atoms with van der Waals surface area (Å²) in [6.07, 6.45) is 9.97. The van der Waals surface area contributed by atoms with Gasteiger partial charge in [-0.15, -0.1) is 0 Å². The maximum Gasteiger partial charge on any atom is 0.407 e. The highest BCUT2D eigenvalue weighted by molar-refractivity contribution is 5.87. The fourth-order valence-corrected chi connectivity index (χ4v) is 7.14. The Labute approximate surface area is 222 Å². The van der Waals surface area contributed by atoms with Gasteiger partial charge in [-0.1, -0.05) is 0 Å². The highest BCUT2D eigenvalue weighted by Gasteiger charge is 2.62. The average molecular weight is 517 g/mol. The monoisotopic (exact) mass is 516 g/mol. The van der Waals surface area contributed by atoms with Crippen molar-refractivity contribution in [1.82, 2.24) is 30.5 Å². The van der Waals surface area contributed by atoms with Crippen molar-refractivity contribution < 1.29 is 9.53 Å². The van der Waals surface area contributed by atoms with Gasteiger partial charge in [0.1, 0.15) is 11.4 Å². The topological polar surface area (TPSA) is 112 Å². The SMILES string of the molecule is CC(C)(C)OC(=O)NC1[C@H]2C[C@H]2CC12CCN(c1cnc3c(N4CCCc5ncccc54)n[nH]c3n1)CC2. The summed E-state index contributed by atoms with van der Waals surface area (Å²) >= 11 is 0. The lowest BCUT2D eigenvalue weighted by Crippen LogP contribution is -2.53. The van der Waals surface area contributed by atoms with E-state index in [0.717, 1.165) is 79.8 Å². The van der Waals surface area contributed by atoms with Gasteiger partial charge in [-0.2, -0.15) is 5.10 Å². The number of hydrogen-bond acceptors (Lipinski definition) is 8. The zero-order valence-corrected chi connectivity index (χ0v) is 22.4. The summed E-state index contributed by atoms with van der Waals surface area (Å²) in [6, 6.07) is 4.28. The molecule has 10 nitrogen and oxygen atoms in total. The van der Waals surface area contributed by atoms with Crippen LogP contribution >= 0.6 is 0 Å². The van der Waals surface area contributed by atoms with E-state index >= 15 is 0 Å². The van der Waals surface area contributed by atoms with Crippen LogP contribution in [-0.2, 0) is 11.2 Å². The van der Waals surface area contributed by atoms with Crippen molar-refractivity contribution >= 4 is 34.6 Å². The maximum absolute atomic E-state index is 12.6. The van der Waals surface area contributed by atoms with Crippen LogP contribution < -0.4 is 15.1 Å². The molecule has 1 saturated heterocycles. The van der Waals surface area contributed by atoms with Crippen molar-refractivity contribution in [3.63, 3.8) is 0 Å². The standard InChI is InChI=1S/C28H36N8O2/c1-27(2,3)38-26(37)32-23-18-14-17(18)15-28(23)8-12-35(13-9-28)21-16-30-22-24(31-21)33-34-25(22)36-11-5-6-19-20(36)7-4-10-29-19/h4,7,10,16-18,23H,5-6,8-9,11-15H2,1-3H3,(H,32,37)(H,31,33,34)/t17-,18-,23?/m0/s1. The van der Waals surface area contributed by atoms with Crippen LogP contribution in [0, 0.1) is 17.3 Å². The molecule has 5 heterocycles. The van der Waals surface area contributed by atoms with E-state index in [1.165, 1.54) is 12.8 Å². The maximum atomic E-state index is 12.6. The fraction of sp³-hybridized carbons (Fsp3) is 0.607. The first kappa shape index (κ1) is 23.7. The van der Waals surface area contributed by atoms with Gasteiger partial charge in [0.2, 0.25) is 0 Å². The van der Waals surface area contributed by atoms with E-state index in [-0.39, 0.29) is 17.6 Å². The van der Waals surface area contributed by atoms with Gasteiger partial charge in [0, 0.05) is 31.9 Å². The summed E-state index contributed by atoms with van der Waals surface area (Å²) < 4.78 is 5.60. The van der Waals surface area contributed by atoms with E-state index in [9.17, 15) is 4.79 Å². The molecule has 2 N–H and O–H groups in total. The number of carbonyl (C=O) groups excluding carboxylic acids is 1. The van der Waals surface area contributed by atoms with Gasteiger partial charge in [-0.3, -0.25) is 10.1 Å². The average Bonchev–Trinajstić information content (AvgIpc) is 3.41. The summed E-state index contributed by atoms with van der Waals surface area (Å²) in [5, 5.41) is 11.0. The molecule has 3 atom stereocenters. The van der Waals surface area contributed by atoms with Crippen LogP contribution in [0.5, 0.6) is 0 Å². The smallest absolute Gasteiger partial charge is 0.407 e. The zero-order valence-electron chi connectivity index (χ0n) is 22.4. The van der Waals surface area contributed by atoms with Gasteiger partial charge in [0.05, 0.1) is 17.6 Å². The number of fused-ring (bicyclic) bond motifs is 3. The van der Waals surface area contributed by atoms with Crippen molar-refractivity contribution in [2.24, 2.45) is 17.3 Å². The Morgan fingerprint density at radius 3 is 2.87 bits per heavy atom. The molecule has 0 bridgehead atoms. The molecule has 1 unspecified atom stereocenters. The Morgan fingerprint density at radius 1 is 1.21 bits per heavy atom. The number of amides is 1. The number of hydrogen-bond donors (Lipinski definition) is 2. The number of pyridine rings is 1. The minimum Gasteiger partial charge on any atom is -0.444 e. The van der Waals surface area contributed by atoms with Gasteiger partial charge < -0.3 is 19.9 Å². The second-order valence-electron chi connectivity index (χ2n) is 12.5. The van der Waals surface area contributed by atoms with E-state index < -0.39 is 5.60 Å². The molecule has 0 aromatic carbocycles. The third-order valence-electron chi connectivity index (χ3n) is 8.94. The zero-order chi connectivity index (χ0) is 26.1. The molecule has 2 saturated carbocycles. The third kappa shape index (κ3) is 4.05. The third-order valence-corrected chi connectivity index (χ3v) is 8.94. The molecule has 200 valence electrons. The van der Waals surface area contributed by atoms with Crippen LogP contribution in [0.3, 0.4) is 0 Å². The molecule has 0 radical (unpaired) electrons. The predicted octanol–water partition coefficient (Wildman–Crippen LogP) is 4.35. The lowest BCUT2D eigenvalue weighted by atomic mass is 9.71. The second kappa shape index (κ2) is 8.54. The van der Waals surface area contributed by atoms with Crippen LogP contribution in [0.15, 0.2) is 24.5 Å². The molecule has 4 aliphatic rings. The number of carbonyl (C=O) groups is 1. The molecule has 3 aromatic rings. The van der Waals surface area contributed by atoms with Gasteiger partial charge in [-0.05, 0) is 88.7 Å². The first-order valence-electron chi connectivity index (χ1n) is 14.0. The van der Waals surface area contributed by atoms with Crippen LogP contribution in [0.1, 0.15) is 58.6 Å². The minimum atomic E-state index is -0.486. The Balaban J connectivity index is 1.07. The van der Waals surface area contributed by atoms with Crippen molar-refractivity contribution in [3.05, 3.63) is 30.2 Å². The number of aromatic nitrogens is 5. The van der Waals surface area contributed by atoms with E-state index in [1.807, 2.05) is 39.2 Å². The summed E-state index contributed by atoms with van der Waals surface area (Å²) in [7, 11) is 0. The Hall–Kier alpha value is -3.43. The first-order chi connectivity index (χ1) is 18.3. The lowest BCUT2D eigenvalue weighted by molar-refractivity contribution is 0.0417. The number of nitrogens with one attached hydrogen (secondary N) is 2. The summed E-state index contributed by atoms with van der Waals surface area (Å²) in [6.45, 7) is 8.43. The van der Waals surface area contributed by atoms with Crippen LogP contribution in [0.4, 0.5) is 22.1 Å². The Bertz CT molecular complexity index is 1370. The van der Waals surface area contributed by atoms with Crippen molar-refractivity contribution in [3.8, 4) is 0 Å². The van der Waals surface area contributed by atoms with Gasteiger partial charge in [-0.25, -0.2) is 14.8 Å².